The molecule has 26 heavy (non-hydrogen) atoms. The van der Waals surface area contributed by atoms with E-state index >= 15 is 0 Å². The smallest absolute Gasteiger partial charge is 0.137 e. The topological polar surface area (TPSA) is 50.9 Å². The predicted octanol–water partition coefficient (Wildman–Crippen LogP) is 4.98. The average Bonchev–Trinajstić information content (AvgIpc) is 3.06. The van der Waals surface area contributed by atoms with Gasteiger partial charge in [-0.3, -0.25) is 0 Å². The van der Waals surface area contributed by atoms with Crippen molar-refractivity contribution in [3.63, 3.8) is 0 Å². The second kappa shape index (κ2) is 7.53. The number of nitrogens with zero attached hydrogens (tertiary/aromatic N) is 3. The number of rotatable bonds is 5. The molecule has 0 saturated heterocycles. The lowest BCUT2D eigenvalue weighted by atomic mass is 9.58. The second-order valence-corrected chi connectivity index (χ2v) is 8.62. The highest BCUT2D eigenvalue weighted by Crippen LogP contribution is 2.52. The quantitative estimate of drug-likeness (QED) is 0.803. The van der Waals surface area contributed by atoms with Gasteiger partial charge in [0, 0.05) is 10.4 Å². The third-order valence-corrected chi connectivity index (χ3v) is 5.88. The summed E-state index contributed by atoms with van der Waals surface area (Å²) in [5, 5.41) is 17.0. The molecule has 0 bridgehead atoms. The summed E-state index contributed by atoms with van der Waals surface area (Å²) in [6.07, 6.45) is 9.29. The van der Waals surface area contributed by atoms with Crippen LogP contribution < -0.4 is 0 Å². The molecule has 140 valence electrons. The van der Waals surface area contributed by atoms with Crippen LogP contribution in [-0.4, -0.2) is 25.5 Å². The summed E-state index contributed by atoms with van der Waals surface area (Å²) in [4.78, 5) is 4.05. The van der Waals surface area contributed by atoms with E-state index in [1.165, 1.54) is 6.33 Å². The van der Waals surface area contributed by atoms with Gasteiger partial charge in [-0.15, -0.1) is 0 Å². The van der Waals surface area contributed by atoms with Gasteiger partial charge in [0.05, 0.1) is 6.54 Å². The van der Waals surface area contributed by atoms with Crippen molar-refractivity contribution in [1.82, 2.24) is 14.8 Å². The molecular weight excluding hydrogens is 346 g/mol. The second-order valence-electron chi connectivity index (χ2n) is 8.19. The third kappa shape index (κ3) is 3.86. The number of benzene rings is 1. The van der Waals surface area contributed by atoms with Crippen LogP contribution in [0.15, 0.2) is 42.5 Å². The third-order valence-electron chi connectivity index (χ3n) is 5.63. The Bertz CT molecular complexity index is 754. The molecular formula is C21H28ClN3O. The summed E-state index contributed by atoms with van der Waals surface area (Å²) < 4.78 is 1.75. The Kier molecular flexibility index (Phi) is 5.54. The Morgan fingerprint density at radius 2 is 2.04 bits per heavy atom. The van der Waals surface area contributed by atoms with Crippen LogP contribution in [0.4, 0.5) is 0 Å². The van der Waals surface area contributed by atoms with E-state index in [1.54, 1.807) is 11.0 Å². The van der Waals surface area contributed by atoms with Gasteiger partial charge in [-0.05, 0) is 54.9 Å². The van der Waals surface area contributed by atoms with Crippen molar-refractivity contribution >= 4 is 17.7 Å². The van der Waals surface area contributed by atoms with Crippen LogP contribution in [0.1, 0.15) is 52.0 Å². The van der Waals surface area contributed by atoms with E-state index in [9.17, 15) is 5.11 Å². The van der Waals surface area contributed by atoms with Crippen LogP contribution in [0.3, 0.4) is 0 Å². The molecule has 2 atom stereocenters. The van der Waals surface area contributed by atoms with E-state index < -0.39 is 5.60 Å². The lowest BCUT2D eigenvalue weighted by Gasteiger charge is -2.51. The first kappa shape index (κ1) is 19.1. The maximum absolute atomic E-state index is 12.0. The number of halogens is 1. The molecule has 1 fully saturated rings. The first-order valence-corrected chi connectivity index (χ1v) is 9.72. The molecule has 0 amide bonds. The van der Waals surface area contributed by atoms with Crippen molar-refractivity contribution in [2.75, 3.05) is 0 Å². The fraction of sp³-hybridized carbons (Fsp3) is 0.524. The molecule has 0 spiro atoms. The zero-order chi connectivity index (χ0) is 18.8. The molecule has 5 heteroatoms. The summed E-state index contributed by atoms with van der Waals surface area (Å²) >= 11 is 6.02. The maximum atomic E-state index is 12.0. The summed E-state index contributed by atoms with van der Waals surface area (Å²) in [7, 11) is 0. The Labute approximate surface area is 160 Å². The van der Waals surface area contributed by atoms with Crippen LogP contribution >= 0.6 is 11.6 Å². The summed E-state index contributed by atoms with van der Waals surface area (Å²) in [6.45, 7) is 7.09. The number of hydrogen-bond acceptors (Lipinski definition) is 3. The van der Waals surface area contributed by atoms with Gasteiger partial charge in [0.15, 0.2) is 0 Å². The molecule has 1 aliphatic rings. The van der Waals surface area contributed by atoms with Gasteiger partial charge in [-0.25, -0.2) is 9.67 Å². The van der Waals surface area contributed by atoms with E-state index in [0.717, 1.165) is 41.8 Å². The van der Waals surface area contributed by atoms with Gasteiger partial charge in [0.1, 0.15) is 18.3 Å². The van der Waals surface area contributed by atoms with Crippen LogP contribution in [0.2, 0.25) is 5.02 Å². The molecule has 1 aromatic carbocycles. The summed E-state index contributed by atoms with van der Waals surface area (Å²) in [5.74, 6) is 0.511. The first-order valence-electron chi connectivity index (χ1n) is 9.34. The van der Waals surface area contributed by atoms with Crippen molar-refractivity contribution in [2.24, 2.45) is 11.3 Å². The lowest BCUT2D eigenvalue weighted by molar-refractivity contribution is -0.0890. The van der Waals surface area contributed by atoms with Crippen molar-refractivity contribution in [1.29, 1.82) is 0 Å². The van der Waals surface area contributed by atoms with Gasteiger partial charge in [0.2, 0.25) is 0 Å². The largest absolute Gasteiger partial charge is 0.383 e. The fourth-order valence-corrected chi connectivity index (χ4v) is 4.56. The molecule has 2 unspecified atom stereocenters. The van der Waals surface area contributed by atoms with E-state index in [1.807, 2.05) is 24.3 Å². The monoisotopic (exact) mass is 373 g/mol. The molecule has 0 aliphatic heterocycles. The summed E-state index contributed by atoms with van der Waals surface area (Å²) in [5.41, 5.74) is 0.979. The van der Waals surface area contributed by atoms with Gasteiger partial charge >= 0.3 is 0 Å². The highest BCUT2D eigenvalue weighted by atomic mass is 35.5. The van der Waals surface area contributed by atoms with Crippen molar-refractivity contribution < 1.29 is 5.11 Å². The highest BCUT2D eigenvalue weighted by molar-refractivity contribution is 6.30. The molecule has 4 nitrogen and oxygen atoms in total. The van der Waals surface area contributed by atoms with E-state index in [0.29, 0.717) is 12.5 Å². The van der Waals surface area contributed by atoms with Crippen LogP contribution in [0, 0.1) is 11.3 Å². The Hall–Kier alpha value is -1.65. The van der Waals surface area contributed by atoms with Gasteiger partial charge < -0.3 is 5.11 Å². The molecule has 0 radical (unpaired) electrons. The Morgan fingerprint density at radius 3 is 2.65 bits per heavy atom. The summed E-state index contributed by atoms with van der Waals surface area (Å²) in [6, 6.07) is 7.78. The van der Waals surface area contributed by atoms with Crippen molar-refractivity contribution in [3.8, 4) is 0 Å². The molecule has 1 aromatic heterocycles. The minimum Gasteiger partial charge on any atom is -0.383 e. The standard InChI is InChI=1S/C21H28ClN3O/c1-16(2)12-20(3)10-4-5-18(11-17-6-8-19(22)9-7-17)21(20,26)13-25-15-23-14-24-25/h6-9,11,14-16,26H,4-5,10,12-13H2,1-3H3/b18-11-. The first-order chi connectivity index (χ1) is 12.3. The van der Waals surface area contributed by atoms with Crippen LogP contribution in [0.5, 0.6) is 0 Å². The van der Waals surface area contributed by atoms with Gasteiger partial charge in [0.25, 0.3) is 0 Å². The van der Waals surface area contributed by atoms with Crippen molar-refractivity contribution in [2.45, 2.75) is 58.6 Å². The maximum Gasteiger partial charge on any atom is 0.137 e. The molecule has 3 rings (SSSR count). The normalized spacial score (nSPS) is 28.0. The SMILES string of the molecule is CC(C)CC1(C)CCC/C(=C/c2ccc(Cl)cc2)C1(O)Cn1cncn1. The Morgan fingerprint density at radius 1 is 1.31 bits per heavy atom. The minimum absolute atomic E-state index is 0.205. The van der Waals surface area contributed by atoms with Gasteiger partial charge in [-0.1, -0.05) is 50.6 Å². The Balaban J connectivity index is 2.03. The number of hydrogen-bond donors (Lipinski definition) is 1. The van der Waals surface area contributed by atoms with E-state index in [2.05, 4.69) is 36.9 Å². The van der Waals surface area contributed by atoms with Crippen molar-refractivity contribution in [3.05, 3.63) is 53.1 Å². The molecule has 1 heterocycles. The van der Waals surface area contributed by atoms with Gasteiger partial charge in [-0.2, -0.15) is 5.10 Å². The average molecular weight is 374 g/mol. The van der Waals surface area contributed by atoms with Crippen LogP contribution in [0.25, 0.3) is 6.08 Å². The predicted molar refractivity (Wildman–Crippen MR) is 106 cm³/mol. The van der Waals surface area contributed by atoms with E-state index in [-0.39, 0.29) is 5.41 Å². The molecule has 1 N–H and O–H groups in total. The molecule has 1 aliphatic carbocycles. The van der Waals surface area contributed by atoms with E-state index in [4.69, 9.17) is 11.6 Å². The minimum atomic E-state index is -0.955. The zero-order valence-electron chi connectivity index (χ0n) is 15.8. The highest BCUT2D eigenvalue weighted by Gasteiger charge is 2.51. The zero-order valence-corrected chi connectivity index (χ0v) is 16.6. The molecule has 1 saturated carbocycles. The number of aromatic nitrogens is 3. The number of aliphatic hydroxyl groups is 1. The lowest BCUT2D eigenvalue weighted by Crippen LogP contribution is -2.54. The fourth-order valence-electron chi connectivity index (χ4n) is 4.44. The van der Waals surface area contributed by atoms with Crippen LogP contribution in [-0.2, 0) is 6.54 Å². The molecule has 2 aromatic rings.